The predicted octanol–water partition coefficient (Wildman–Crippen LogP) is 2.89. The summed E-state index contributed by atoms with van der Waals surface area (Å²) < 4.78 is 24.4. The van der Waals surface area contributed by atoms with Gasteiger partial charge in [0.15, 0.2) is 0 Å². The minimum Gasteiger partial charge on any atom is -0.491 e. The molecular weight excluding hydrogens is 419 g/mol. The van der Waals surface area contributed by atoms with Crippen LogP contribution in [-0.4, -0.2) is 73.4 Å². The maximum atomic E-state index is 13.5. The fourth-order valence-corrected chi connectivity index (χ4v) is 4.75. The van der Waals surface area contributed by atoms with E-state index in [2.05, 4.69) is 6.58 Å². The van der Waals surface area contributed by atoms with Crippen molar-refractivity contribution in [3.8, 4) is 5.75 Å². The lowest BCUT2D eigenvalue weighted by molar-refractivity contribution is -0.136. The second kappa shape index (κ2) is 11.4. The van der Waals surface area contributed by atoms with Crippen molar-refractivity contribution in [1.29, 1.82) is 0 Å². The normalized spacial score (nSPS) is 16.8. The zero-order chi connectivity index (χ0) is 22.2. The molecule has 0 aliphatic carbocycles. The van der Waals surface area contributed by atoms with Crippen LogP contribution in [0.25, 0.3) is 0 Å². The molecule has 8 heteroatoms. The first-order valence-corrected chi connectivity index (χ1v) is 11.1. The van der Waals surface area contributed by atoms with Crippen molar-refractivity contribution >= 4 is 17.2 Å². The molecule has 1 amide bonds. The van der Waals surface area contributed by atoms with Crippen LogP contribution in [0.2, 0.25) is 0 Å². The number of halogens is 1. The third-order valence-corrected chi connectivity index (χ3v) is 6.19. The highest BCUT2D eigenvalue weighted by Gasteiger charge is 2.33. The van der Waals surface area contributed by atoms with Crippen molar-refractivity contribution in [3.05, 3.63) is 64.6 Å². The van der Waals surface area contributed by atoms with E-state index < -0.39 is 6.10 Å². The van der Waals surface area contributed by atoms with Crippen molar-refractivity contribution < 1.29 is 23.8 Å². The highest BCUT2D eigenvalue weighted by atomic mass is 32.1. The van der Waals surface area contributed by atoms with Gasteiger partial charge in [-0.15, -0.1) is 17.9 Å². The second-order valence-electron chi connectivity index (χ2n) is 7.51. The maximum Gasteiger partial charge on any atom is 0.237 e. The molecule has 6 nitrogen and oxygen atoms in total. The SMILES string of the molecule is C=CCN(CC(=O)N1CCc2sccc2[C@@H]1COc1cccc(F)c1)C[C@H](O)COC. The molecule has 0 saturated carbocycles. The number of aliphatic hydroxyl groups excluding tert-OH is 1. The summed E-state index contributed by atoms with van der Waals surface area (Å²) in [6, 6.07) is 7.79. The maximum absolute atomic E-state index is 13.5. The Kier molecular flexibility index (Phi) is 8.60. The summed E-state index contributed by atoms with van der Waals surface area (Å²) in [6.07, 6.45) is 1.82. The van der Waals surface area contributed by atoms with Gasteiger partial charge in [0.05, 0.1) is 25.3 Å². The minimum absolute atomic E-state index is 0.0452. The van der Waals surface area contributed by atoms with Gasteiger partial charge in [-0.3, -0.25) is 9.69 Å². The lowest BCUT2D eigenvalue weighted by atomic mass is 10.0. The van der Waals surface area contributed by atoms with E-state index >= 15 is 0 Å². The van der Waals surface area contributed by atoms with Crippen LogP contribution in [0.4, 0.5) is 4.39 Å². The number of nitrogens with zero attached hydrogens (tertiary/aromatic N) is 2. The molecule has 1 aromatic carbocycles. The molecule has 1 aliphatic rings. The van der Waals surface area contributed by atoms with Gasteiger partial charge in [0.25, 0.3) is 0 Å². The van der Waals surface area contributed by atoms with Crippen molar-refractivity contribution in [2.45, 2.75) is 18.6 Å². The van der Waals surface area contributed by atoms with Crippen LogP contribution in [-0.2, 0) is 16.0 Å². The number of hydrogen-bond acceptors (Lipinski definition) is 6. The third kappa shape index (κ3) is 6.36. The van der Waals surface area contributed by atoms with Crippen LogP contribution >= 0.6 is 11.3 Å². The standard InChI is InChI=1S/C23H29FN2O4S/c1-3-9-25(13-18(27)15-29-2)14-23(28)26-10-7-22-20(8-11-31-22)21(26)16-30-19-6-4-5-17(24)12-19/h3-6,8,11-12,18,21,27H,1,7,9-10,13-16H2,2H3/t18-,21-/m0/s1. The molecule has 1 N–H and O–H groups in total. The van der Waals surface area contributed by atoms with Crippen LogP contribution in [0.15, 0.2) is 48.4 Å². The highest BCUT2D eigenvalue weighted by molar-refractivity contribution is 7.10. The average Bonchev–Trinajstić information content (AvgIpc) is 3.21. The summed E-state index contributed by atoms with van der Waals surface area (Å²) in [4.78, 5) is 18.2. The number of aliphatic hydroxyl groups is 1. The number of carbonyl (C=O) groups is 1. The number of ether oxygens (including phenoxy) is 2. The number of fused-ring (bicyclic) bond motifs is 1. The van der Waals surface area contributed by atoms with E-state index in [1.807, 2.05) is 21.2 Å². The molecule has 0 spiro atoms. The monoisotopic (exact) mass is 448 g/mol. The summed E-state index contributed by atoms with van der Waals surface area (Å²) in [7, 11) is 1.53. The number of benzene rings is 1. The van der Waals surface area contributed by atoms with Gasteiger partial charge in [0.2, 0.25) is 5.91 Å². The summed E-state index contributed by atoms with van der Waals surface area (Å²) in [5, 5.41) is 12.1. The Hall–Kier alpha value is -2.26. The Bertz CT molecular complexity index is 875. The van der Waals surface area contributed by atoms with E-state index in [-0.39, 0.29) is 37.5 Å². The average molecular weight is 449 g/mol. The van der Waals surface area contributed by atoms with Gasteiger partial charge in [-0.25, -0.2) is 4.39 Å². The molecule has 1 aromatic heterocycles. The molecule has 0 fully saturated rings. The van der Waals surface area contributed by atoms with Crippen molar-refractivity contribution in [3.63, 3.8) is 0 Å². The van der Waals surface area contributed by atoms with Crippen LogP contribution in [0.1, 0.15) is 16.5 Å². The minimum atomic E-state index is -0.685. The van der Waals surface area contributed by atoms with E-state index in [1.54, 1.807) is 29.5 Å². The fraction of sp³-hybridized carbons (Fsp3) is 0.435. The van der Waals surface area contributed by atoms with Crippen LogP contribution in [0.3, 0.4) is 0 Å². The van der Waals surface area contributed by atoms with Crippen molar-refractivity contribution in [1.82, 2.24) is 9.80 Å². The van der Waals surface area contributed by atoms with Gasteiger partial charge in [0.1, 0.15) is 18.2 Å². The summed E-state index contributed by atoms with van der Waals surface area (Å²) in [5.74, 6) is 0.0295. The number of thiophene rings is 1. The van der Waals surface area contributed by atoms with Crippen LogP contribution < -0.4 is 4.74 Å². The van der Waals surface area contributed by atoms with Gasteiger partial charge in [-0.1, -0.05) is 12.1 Å². The zero-order valence-corrected chi connectivity index (χ0v) is 18.5. The van der Waals surface area contributed by atoms with E-state index in [4.69, 9.17) is 9.47 Å². The van der Waals surface area contributed by atoms with Gasteiger partial charge in [-0.05, 0) is 35.6 Å². The molecule has 2 heterocycles. The summed E-state index contributed by atoms with van der Waals surface area (Å²) in [5.41, 5.74) is 1.08. The van der Waals surface area contributed by atoms with Gasteiger partial charge >= 0.3 is 0 Å². The number of carbonyl (C=O) groups excluding carboxylic acids is 1. The topological polar surface area (TPSA) is 62.2 Å². The lowest BCUT2D eigenvalue weighted by Gasteiger charge is -2.37. The lowest BCUT2D eigenvalue weighted by Crippen LogP contribution is -2.48. The predicted molar refractivity (Wildman–Crippen MR) is 119 cm³/mol. The Morgan fingerprint density at radius 1 is 1.48 bits per heavy atom. The number of amides is 1. The number of rotatable bonds is 11. The molecule has 0 radical (unpaired) electrons. The molecule has 0 saturated heterocycles. The van der Waals surface area contributed by atoms with Gasteiger partial charge < -0.3 is 19.5 Å². The smallest absolute Gasteiger partial charge is 0.237 e. The largest absolute Gasteiger partial charge is 0.491 e. The molecule has 31 heavy (non-hydrogen) atoms. The molecule has 1 aliphatic heterocycles. The Morgan fingerprint density at radius 3 is 3.06 bits per heavy atom. The van der Waals surface area contributed by atoms with Crippen molar-refractivity contribution in [2.75, 3.05) is 46.5 Å². The summed E-state index contributed by atoms with van der Waals surface area (Å²) in [6.45, 7) is 5.74. The van der Waals surface area contributed by atoms with E-state index in [0.717, 1.165) is 12.0 Å². The van der Waals surface area contributed by atoms with Gasteiger partial charge in [0, 0.05) is 37.7 Å². The number of methoxy groups -OCH3 is 1. The van der Waals surface area contributed by atoms with Crippen molar-refractivity contribution in [2.24, 2.45) is 0 Å². The fourth-order valence-electron chi connectivity index (χ4n) is 3.82. The third-order valence-electron chi connectivity index (χ3n) is 5.19. The van der Waals surface area contributed by atoms with Crippen LogP contribution in [0, 0.1) is 5.82 Å². The quantitative estimate of drug-likeness (QED) is 0.536. The molecular formula is C23H29FN2O4S. The van der Waals surface area contributed by atoms with E-state index in [9.17, 15) is 14.3 Å². The molecule has 168 valence electrons. The summed E-state index contributed by atoms with van der Waals surface area (Å²) >= 11 is 1.68. The molecule has 2 atom stereocenters. The number of hydrogen-bond donors (Lipinski definition) is 1. The first-order valence-electron chi connectivity index (χ1n) is 10.3. The second-order valence-corrected chi connectivity index (χ2v) is 8.51. The van der Waals surface area contributed by atoms with Gasteiger partial charge in [-0.2, -0.15) is 0 Å². The first kappa shape index (κ1) is 23.4. The Balaban J connectivity index is 1.72. The zero-order valence-electron chi connectivity index (χ0n) is 17.7. The molecule has 0 unspecified atom stereocenters. The Morgan fingerprint density at radius 2 is 2.32 bits per heavy atom. The molecule has 0 bridgehead atoms. The highest BCUT2D eigenvalue weighted by Crippen LogP contribution is 2.34. The molecule has 2 aromatic rings. The molecule has 3 rings (SSSR count). The van der Waals surface area contributed by atoms with E-state index in [0.29, 0.717) is 25.4 Å². The Labute approximate surface area is 186 Å². The first-order chi connectivity index (χ1) is 15.0. The van der Waals surface area contributed by atoms with E-state index in [1.165, 1.54) is 24.1 Å². The van der Waals surface area contributed by atoms with Crippen LogP contribution in [0.5, 0.6) is 5.75 Å².